The van der Waals surface area contributed by atoms with E-state index in [2.05, 4.69) is 0 Å². The highest BCUT2D eigenvalue weighted by atomic mass is 16.5. The highest BCUT2D eigenvalue weighted by Gasteiger charge is 2.24. The van der Waals surface area contributed by atoms with E-state index in [1.165, 1.54) is 0 Å². The zero-order chi connectivity index (χ0) is 19.5. The fourth-order valence-electron chi connectivity index (χ4n) is 2.41. The van der Waals surface area contributed by atoms with Gasteiger partial charge in [0, 0.05) is 12.5 Å². The van der Waals surface area contributed by atoms with Gasteiger partial charge >= 0.3 is 5.97 Å². The Morgan fingerprint density at radius 1 is 1.15 bits per heavy atom. The Morgan fingerprint density at radius 3 is 2.35 bits per heavy atom. The quantitative estimate of drug-likeness (QED) is 0.568. The lowest BCUT2D eigenvalue weighted by atomic mass is 10.0. The Labute approximate surface area is 152 Å². The van der Waals surface area contributed by atoms with Crippen molar-refractivity contribution < 1.29 is 29.6 Å². The molecule has 1 heterocycles. The number of benzene rings is 2. The lowest BCUT2D eigenvalue weighted by Crippen LogP contribution is -2.02. The van der Waals surface area contributed by atoms with Crippen LogP contribution in [-0.2, 0) is 16.0 Å². The lowest BCUT2D eigenvalue weighted by Gasteiger charge is -2.10. The number of hydrogen-bond donors (Lipinski definition) is 3. The second kappa shape index (κ2) is 10.6. The van der Waals surface area contributed by atoms with Crippen LogP contribution in [0.4, 0.5) is 0 Å². The van der Waals surface area contributed by atoms with Gasteiger partial charge in [-0.1, -0.05) is 32.0 Å². The van der Waals surface area contributed by atoms with Crippen molar-refractivity contribution in [2.75, 3.05) is 0 Å². The van der Waals surface area contributed by atoms with Gasteiger partial charge in [0.2, 0.25) is 0 Å². The number of rotatable bonds is 3. The Hall–Kier alpha value is -3.28. The first kappa shape index (κ1) is 20.8. The van der Waals surface area contributed by atoms with Crippen molar-refractivity contribution in [3.05, 3.63) is 65.2 Å². The molecule has 3 rings (SSSR count). The van der Waals surface area contributed by atoms with Gasteiger partial charge in [0.25, 0.3) is 6.47 Å². The normalized spacial score (nSPS) is 14.2. The molecule has 26 heavy (non-hydrogen) atoms. The van der Waals surface area contributed by atoms with E-state index < -0.39 is 5.97 Å². The summed E-state index contributed by atoms with van der Waals surface area (Å²) in [5.41, 5.74) is 2.90. The fourth-order valence-corrected chi connectivity index (χ4v) is 2.41. The molecule has 0 aliphatic carbocycles. The molecule has 3 N–H and O–H groups in total. The number of aromatic hydroxyl groups is 1. The maximum absolute atomic E-state index is 10.5. The summed E-state index contributed by atoms with van der Waals surface area (Å²) in [7, 11) is 0. The molecule has 1 aliphatic rings. The molecule has 0 saturated heterocycles. The van der Waals surface area contributed by atoms with E-state index in [1.807, 2.05) is 44.2 Å². The molecule has 0 spiro atoms. The summed E-state index contributed by atoms with van der Waals surface area (Å²) in [4.78, 5) is 18.9. The van der Waals surface area contributed by atoms with Gasteiger partial charge in [0.05, 0.1) is 0 Å². The molecule has 0 fully saturated rings. The average Bonchev–Trinajstić information content (AvgIpc) is 3.06. The number of phenols is 1. The summed E-state index contributed by atoms with van der Waals surface area (Å²) in [5.74, 6) is 0.0876. The first-order valence-electron chi connectivity index (χ1n) is 8.11. The Balaban J connectivity index is 0.000000615. The van der Waals surface area contributed by atoms with Crippen molar-refractivity contribution in [3.63, 3.8) is 0 Å². The molecular weight excluding hydrogens is 336 g/mol. The van der Waals surface area contributed by atoms with Crippen LogP contribution in [0.3, 0.4) is 0 Å². The largest absolute Gasteiger partial charge is 0.508 e. The summed E-state index contributed by atoms with van der Waals surface area (Å²) in [5, 5.41) is 24.9. The molecule has 0 bridgehead atoms. The minimum absolute atomic E-state index is 0.0701. The molecule has 1 atom stereocenters. The van der Waals surface area contributed by atoms with Gasteiger partial charge in [-0.25, -0.2) is 4.79 Å². The number of hydrogen-bond acceptors (Lipinski definition) is 4. The fraction of sp³-hybridized carbons (Fsp3) is 0.200. The second-order valence-electron chi connectivity index (χ2n) is 5.05. The molecule has 0 aromatic heterocycles. The van der Waals surface area contributed by atoms with Crippen LogP contribution in [0.15, 0.2) is 48.5 Å². The highest BCUT2D eigenvalue weighted by molar-refractivity contribution is 5.85. The third-order valence-corrected chi connectivity index (χ3v) is 3.44. The van der Waals surface area contributed by atoms with Crippen LogP contribution in [0.1, 0.15) is 36.6 Å². The standard InChI is InChI=1S/C17H14O4.C2H6.CH2O2/c18-14-5-3-12(4-6-14)16-10-13-9-11(2-8-17(19)20)1-7-15(13)21-16;1-2;2-1-3/h1-9,16,18H,10H2,(H,19,20);1-2H3;1H,(H,2,3)/b8-2+;;/t16-;;/m1../s1. The molecule has 0 amide bonds. The minimum Gasteiger partial charge on any atom is -0.508 e. The number of carboxylic acid groups (broad SMARTS) is 2. The first-order chi connectivity index (χ1) is 12.5. The average molecular weight is 358 g/mol. The summed E-state index contributed by atoms with van der Waals surface area (Å²) in [6.45, 7) is 3.75. The Morgan fingerprint density at radius 2 is 1.77 bits per heavy atom. The molecule has 1 aliphatic heterocycles. The second-order valence-corrected chi connectivity index (χ2v) is 5.05. The van der Waals surface area contributed by atoms with Crippen LogP contribution in [0.2, 0.25) is 0 Å². The first-order valence-corrected chi connectivity index (χ1v) is 8.11. The smallest absolute Gasteiger partial charge is 0.328 e. The highest BCUT2D eigenvalue weighted by Crippen LogP contribution is 2.37. The van der Waals surface area contributed by atoms with Crippen molar-refractivity contribution in [2.24, 2.45) is 0 Å². The molecule has 0 saturated carbocycles. The molecular formula is C20H22O6. The number of phenolic OH excluding ortho intramolecular Hbond substituents is 1. The zero-order valence-corrected chi connectivity index (χ0v) is 14.6. The third-order valence-electron chi connectivity index (χ3n) is 3.44. The molecule has 2 aromatic rings. The number of ether oxygens (including phenoxy) is 1. The van der Waals surface area contributed by atoms with Crippen molar-refractivity contribution >= 4 is 18.5 Å². The van der Waals surface area contributed by atoms with E-state index >= 15 is 0 Å². The van der Waals surface area contributed by atoms with Crippen LogP contribution in [-0.4, -0.2) is 27.8 Å². The van der Waals surface area contributed by atoms with Crippen LogP contribution in [0.5, 0.6) is 11.5 Å². The molecule has 6 nitrogen and oxygen atoms in total. The molecule has 2 aromatic carbocycles. The van der Waals surface area contributed by atoms with E-state index in [4.69, 9.17) is 19.7 Å². The Kier molecular flexibility index (Phi) is 8.43. The predicted octanol–water partition coefficient (Wildman–Crippen LogP) is 3.89. The summed E-state index contributed by atoms with van der Waals surface area (Å²) in [6, 6.07) is 12.6. The third kappa shape index (κ3) is 5.98. The number of carbonyl (C=O) groups is 2. The number of carboxylic acids is 1. The molecule has 0 unspecified atom stereocenters. The minimum atomic E-state index is -0.964. The maximum Gasteiger partial charge on any atom is 0.328 e. The van der Waals surface area contributed by atoms with E-state index in [1.54, 1.807) is 18.2 Å². The van der Waals surface area contributed by atoms with Crippen molar-refractivity contribution in [2.45, 2.75) is 26.4 Å². The van der Waals surface area contributed by atoms with Crippen LogP contribution in [0, 0.1) is 0 Å². The molecule has 138 valence electrons. The zero-order valence-electron chi connectivity index (χ0n) is 14.6. The lowest BCUT2D eigenvalue weighted by molar-refractivity contribution is -0.131. The number of fused-ring (bicyclic) bond motifs is 1. The SMILES string of the molecule is CC.O=C(O)/C=C/c1ccc2c(c1)C[C@H](c1ccc(O)cc1)O2.O=CO. The van der Waals surface area contributed by atoms with E-state index in [9.17, 15) is 9.90 Å². The Bertz CT molecular complexity index is 749. The van der Waals surface area contributed by atoms with E-state index in [0.29, 0.717) is 0 Å². The predicted molar refractivity (Wildman–Crippen MR) is 98.3 cm³/mol. The summed E-state index contributed by atoms with van der Waals surface area (Å²) >= 11 is 0. The number of aliphatic carboxylic acids is 1. The van der Waals surface area contributed by atoms with Crippen molar-refractivity contribution in [1.82, 2.24) is 0 Å². The van der Waals surface area contributed by atoms with Gasteiger partial charge in [0.1, 0.15) is 17.6 Å². The van der Waals surface area contributed by atoms with Crippen LogP contribution >= 0.6 is 0 Å². The van der Waals surface area contributed by atoms with Crippen LogP contribution < -0.4 is 4.74 Å². The van der Waals surface area contributed by atoms with Gasteiger partial charge in [0.15, 0.2) is 0 Å². The van der Waals surface area contributed by atoms with Crippen LogP contribution in [0.25, 0.3) is 6.08 Å². The summed E-state index contributed by atoms with van der Waals surface area (Å²) < 4.78 is 5.89. The molecule has 0 radical (unpaired) electrons. The van der Waals surface area contributed by atoms with E-state index in [0.717, 1.165) is 34.9 Å². The van der Waals surface area contributed by atoms with E-state index in [-0.39, 0.29) is 18.3 Å². The van der Waals surface area contributed by atoms with Gasteiger partial charge < -0.3 is 20.1 Å². The maximum atomic E-state index is 10.5. The van der Waals surface area contributed by atoms with Crippen molar-refractivity contribution in [1.29, 1.82) is 0 Å². The van der Waals surface area contributed by atoms with Gasteiger partial charge in [-0.15, -0.1) is 0 Å². The monoisotopic (exact) mass is 358 g/mol. The summed E-state index contributed by atoms with van der Waals surface area (Å²) in [6.07, 6.45) is 3.35. The van der Waals surface area contributed by atoms with Gasteiger partial charge in [-0.05, 0) is 47.0 Å². The van der Waals surface area contributed by atoms with Crippen molar-refractivity contribution in [3.8, 4) is 11.5 Å². The topological polar surface area (TPSA) is 104 Å². The van der Waals surface area contributed by atoms with Gasteiger partial charge in [-0.3, -0.25) is 4.79 Å². The van der Waals surface area contributed by atoms with Gasteiger partial charge in [-0.2, -0.15) is 0 Å². The molecule has 6 heteroatoms.